The Labute approximate surface area is 211 Å². The Morgan fingerprint density at radius 2 is 0.917 bits per heavy atom. The predicted octanol–water partition coefficient (Wildman–Crippen LogP) is 7.10. The number of hydrogen-bond acceptors (Lipinski definition) is 2. The van der Waals surface area contributed by atoms with E-state index in [9.17, 15) is 9.59 Å². The lowest BCUT2D eigenvalue weighted by molar-refractivity contribution is 0.101. The molecule has 4 nitrogen and oxygen atoms in total. The highest BCUT2D eigenvalue weighted by Crippen LogP contribution is 2.31. The maximum atomic E-state index is 13.3. The van der Waals surface area contributed by atoms with Gasteiger partial charge in [-0.3, -0.25) is 9.59 Å². The van der Waals surface area contributed by atoms with Gasteiger partial charge in [0.15, 0.2) is 0 Å². The number of carbonyl (C=O) groups excluding carboxylic acids is 2. The van der Waals surface area contributed by atoms with Gasteiger partial charge < -0.3 is 10.6 Å². The Balaban J connectivity index is 1.30. The number of nitrogens with one attached hydrogen (secondary N) is 2. The van der Waals surface area contributed by atoms with E-state index in [4.69, 9.17) is 0 Å². The van der Waals surface area contributed by atoms with Gasteiger partial charge in [0.2, 0.25) is 0 Å². The quantitative estimate of drug-likeness (QED) is 0.331. The van der Waals surface area contributed by atoms with Crippen molar-refractivity contribution in [1.82, 2.24) is 0 Å². The molecule has 4 aromatic rings. The number of carbonyl (C=O) groups is 2. The SMILES string of the molecule is O=C(Nc1cc2ccccc2cc1NC(=O)c1ccc2c(c1)CCCC2)c1ccc2c(c1)CCCC2. The number of rotatable bonds is 4. The smallest absolute Gasteiger partial charge is 0.255 e. The minimum atomic E-state index is -0.164. The van der Waals surface area contributed by atoms with E-state index in [-0.39, 0.29) is 11.8 Å². The third-order valence-electron chi connectivity index (χ3n) is 7.60. The van der Waals surface area contributed by atoms with Gasteiger partial charge in [-0.15, -0.1) is 0 Å². The fraction of sp³-hybridized carbons (Fsp3) is 0.250. The minimum absolute atomic E-state index is 0.164. The molecule has 6 rings (SSSR count). The van der Waals surface area contributed by atoms with Crippen LogP contribution in [-0.4, -0.2) is 11.8 Å². The second-order valence-corrected chi connectivity index (χ2v) is 10.0. The lowest BCUT2D eigenvalue weighted by atomic mass is 9.90. The first kappa shape index (κ1) is 22.5. The highest BCUT2D eigenvalue weighted by Gasteiger charge is 2.17. The lowest BCUT2D eigenvalue weighted by Gasteiger charge is -2.18. The molecule has 0 fully saturated rings. The molecule has 0 spiro atoms. The van der Waals surface area contributed by atoms with E-state index in [1.165, 1.54) is 47.9 Å². The largest absolute Gasteiger partial charge is 0.320 e. The zero-order valence-corrected chi connectivity index (χ0v) is 20.4. The van der Waals surface area contributed by atoms with Gasteiger partial charge in [0, 0.05) is 11.1 Å². The summed E-state index contributed by atoms with van der Waals surface area (Å²) in [6.45, 7) is 0. The van der Waals surface area contributed by atoms with Gasteiger partial charge in [0.05, 0.1) is 11.4 Å². The van der Waals surface area contributed by atoms with Crippen LogP contribution in [0.5, 0.6) is 0 Å². The molecule has 180 valence electrons. The Morgan fingerprint density at radius 1 is 0.500 bits per heavy atom. The molecule has 0 atom stereocenters. The van der Waals surface area contributed by atoms with E-state index in [0.29, 0.717) is 22.5 Å². The van der Waals surface area contributed by atoms with Crippen LogP contribution in [-0.2, 0) is 25.7 Å². The average molecular weight is 475 g/mol. The standard InChI is InChI=1S/C32H30N2O2/c35-31(27-15-13-21-7-1-3-9-23(21)17-27)33-29-19-25-11-5-6-12-26(25)20-30(29)34-32(36)28-16-14-22-8-2-4-10-24(22)18-28/h5-6,11-20H,1-4,7-10H2,(H,33,35)(H,34,36). The number of fused-ring (bicyclic) bond motifs is 3. The lowest BCUT2D eigenvalue weighted by Crippen LogP contribution is -2.18. The van der Waals surface area contributed by atoms with E-state index in [0.717, 1.165) is 36.5 Å². The summed E-state index contributed by atoms with van der Waals surface area (Å²) >= 11 is 0. The molecule has 0 unspecified atom stereocenters. The average Bonchev–Trinajstić information content (AvgIpc) is 2.92. The van der Waals surface area contributed by atoms with Gasteiger partial charge in [-0.25, -0.2) is 0 Å². The van der Waals surface area contributed by atoms with Crippen LogP contribution in [0.25, 0.3) is 10.8 Å². The van der Waals surface area contributed by atoms with Crippen LogP contribution >= 0.6 is 0 Å². The second kappa shape index (κ2) is 9.62. The second-order valence-electron chi connectivity index (χ2n) is 10.0. The summed E-state index contributed by atoms with van der Waals surface area (Å²) in [7, 11) is 0. The van der Waals surface area contributed by atoms with E-state index in [1.807, 2.05) is 60.7 Å². The van der Waals surface area contributed by atoms with Gasteiger partial charge in [0.1, 0.15) is 0 Å². The first-order valence-corrected chi connectivity index (χ1v) is 13.0. The number of aryl methyl sites for hydroxylation is 4. The molecule has 0 aromatic heterocycles. The normalized spacial score (nSPS) is 14.6. The number of amides is 2. The zero-order valence-electron chi connectivity index (χ0n) is 20.4. The first-order valence-electron chi connectivity index (χ1n) is 13.0. The molecule has 4 aromatic carbocycles. The van der Waals surface area contributed by atoms with Crippen molar-refractivity contribution in [3.8, 4) is 0 Å². The number of hydrogen-bond donors (Lipinski definition) is 2. The van der Waals surface area contributed by atoms with E-state index >= 15 is 0 Å². The third kappa shape index (κ3) is 4.51. The summed E-state index contributed by atoms with van der Waals surface area (Å²) in [5, 5.41) is 8.17. The molecule has 0 bridgehead atoms. The summed E-state index contributed by atoms with van der Waals surface area (Å²) in [5.74, 6) is -0.328. The van der Waals surface area contributed by atoms with E-state index in [1.54, 1.807) is 0 Å². The minimum Gasteiger partial charge on any atom is -0.320 e. The van der Waals surface area contributed by atoms with Crippen molar-refractivity contribution < 1.29 is 9.59 Å². The van der Waals surface area contributed by atoms with Gasteiger partial charge in [0.25, 0.3) is 11.8 Å². The Hall–Kier alpha value is -3.92. The van der Waals surface area contributed by atoms with E-state index in [2.05, 4.69) is 22.8 Å². The molecule has 2 aliphatic carbocycles. The van der Waals surface area contributed by atoms with Crippen molar-refractivity contribution >= 4 is 34.0 Å². The van der Waals surface area contributed by atoms with Crippen LogP contribution in [0.4, 0.5) is 11.4 Å². The van der Waals surface area contributed by atoms with Crippen LogP contribution in [0.15, 0.2) is 72.8 Å². The molecule has 2 aliphatic rings. The van der Waals surface area contributed by atoms with Crippen LogP contribution in [0.1, 0.15) is 68.7 Å². The van der Waals surface area contributed by atoms with Crippen molar-refractivity contribution in [2.45, 2.75) is 51.4 Å². The van der Waals surface area contributed by atoms with Crippen molar-refractivity contribution in [3.63, 3.8) is 0 Å². The Morgan fingerprint density at radius 3 is 1.36 bits per heavy atom. The van der Waals surface area contributed by atoms with Crippen molar-refractivity contribution in [2.24, 2.45) is 0 Å². The number of anilines is 2. The highest BCUT2D eigenvalue weighted by atomic mass is 16.2. The van der Waals surface area contributed by atoms with Crippen LogP contribution in [0.2, 0.25) is 0 Å². The van der Waals surface area contributed by atoms with Crippen LogP contribution in [0.3, 0.4) is 0 Å². The van der Waals surface area contributed by atoms with Crippen molar-refractivity contribution in [2.75, 3.05) is 10.6 Å². The molecular formula is C32H30N2O2. The predicted molar refractivity (Wildman–Crippen MR) is 146 cm³/mol. The van der Waals surface area contributed by atoms with Crippen LogP contribution < -0.4 is 10.6 Å². The maximum absolute atomic E-state index is 13.3. The van der Waals surface area contributed by atoms with E-state index < -0.39 is 0 Å². The third-order valence-corrected chi connectivity index (χ3v) is 7.60. The van der Waals surface area contributed by atoms with Gasteiger partial charge in [-0.2, -0.15) is 0 Å². The van der Waals surface area contributed by atoms with Gasteiger partial charge in [-0.05, 0) is 121 Å². The Kier molecular flexibility index (Phi) is 6.02. The molecule has 2 N–H and O–H groups in total. The van der Waals surface area contributed by atoms with Gasteiger partial charge >= 0.3 is 0 Å². The Bertz CT molecular complexity index is 1380. The topological polar surface area (TPSA) is 58.2 Å². The summed E-state index contributed by atoms with van der Waals surface area (Å²) in [5.41, 5.74) is 7.74. The molecule has 4 heteroatoms. The fourth-order valence-corrected chi connectivity index (χ4v) is 5.59. The molecule has 0 saturated heterocycles. The van der Waals surface area contributed by atoms with Crippen molar-refractivity contribution in [1.29, 1.82) is 0 Å². The summed E-state index contributed by atoms with van der Waals surface area (Å²) in [6, 6.07) is 23.9. The molecule has 0 saturated carbocycles. The maximum Gasteiger partial charge on any atom is 0.255 e. The highest BCUT2D eigenvalue weighted by molar-refractivity contribution is 6.12. The summed E-state index contributed by atoms with van der Waals surface area (Å²) < 4.78 is 0. The van der Waals surface area contributed by atoms with Gasteiger partial charge in [-0.1, -0.05) is 36.4 Å². The molecule has 2 amide bonds. The van der Waals surface area contributed by atoms with Crippen molar-refractivity contribution in [3.05, 3.63) is 106 Å². The fourth-order valence-electron chi connectivity index (χ4n) is 5.59. The molecule has 36 heavy (non-hydrogen) atoms. The molecule has 0 radical (unpaired) electrons. The molecular weight excluding hydrogens is 444 g/mol. The summed E-state index contributed by atoms with van der Waals surface area (Å²) in [4.78, 5) is 26.6. The zero-order chi connectivity index (χ0) is 24.5. The number of benzene rings is 4. The molecule has 0 aliphatic heterocycles. The molecule has 0 heterocycles. The monoisotopic (exact) mass is 474 g/mol. The summed E-state index contributed by atoms with van der Waals surface area (Å²) in [6.07, 6.45) is 8.97. The van der Waals surface area contributed by atoms with Crippen LogP contribution in [0, 0.1) is 0 Å². The first-order chi connectivity index (χ1) is 17.6.